The van der Waals surface area contributed by atoms with Gasteiger partial charge in [0.05, 0.1) is 12.3 Å². The average Bonchev–Trinajstić information content (AvgIpc) is 2.75. The number of hydrogen-bond donors (Lipinski definition) is 1. The second kappa shape index (κ2) is 4.06. The van der Waals surface area contributed by atoms with E-state index in [0.29, 0.717) is 5.92 Å². The molecule has 2 rings (SSSR count). The summed E-state index contributed by atoms with van der Waals surface area (Å²) in [6.45, 7) is 1.64. The number of hydrogen-bond acceptors (Lipinski definition) is 4. The highest BCUT2D eigenvalue weighted by Crippen LogP contribution is 2.17. The van der Waals surface area contributed by atoms with E-state index in [9.17, 15) is 0 Å². The maximum atomic E-state index is 6.06. The second-order valence-corrected chi connectivity index (χ2v) is 3.88. The van der Waals surface area contributed by atoms with Crippen molar-refractivity contribution < 1.29 is 4.74 Å². The highest BCUT2D eigenvalue weighted by Gasteiger charge is 2.23. The van der Waals surface area contributed by atoms with Crippen LogP contribution in [0.25, 0.3) is 0 Å². The largest absolute Gasteiger partial charge is 0.381 e. The molecule has 2 N–H and O–H groups in total. The number of aryl methyl sites for hydroxylation is 1. The van der Waals surface area contributed by atoms with Crippen molar-refractivity contribution >= 4 is 0 Å². The van der Waals surface area contributed by atoms with E-state index in [4.69, 9.17) is 10.5 Å². The molecule has 1 aliphatic rings. The fraction of sp³-hybridized carbons (Fsp3) is 0.778. The summed E-state index contributed by atoms with van der Waals surface area (Å²) < 4.78 is 7.00. The summed E-state index contributed by atoms with van der Waals surface area (Å²) in [5, 5.41) is 7.90. The van der Waals surface area contributed by atoms with Crippen LogP contribution in [0.15, 0.2) is 6.20 Å². The van der Waals surface area contributed by atoms with Crippen LogP contribution < -0.4 is 5.73 Å². The van der Waals surface area contributed by atoms with Gasteiger partial charge in [-0.3, -0.25) is 4.68 Å². The molecule has 0 aromatic carbocycles. The minimum atomic E-state index is 0.147. The number of nitrogens with zero attached hydrogens (tertiary/aromatic N) is 3. The van der Waals surface area contributed by atoms with Crippen LogP contribution in [0.1, 0.15) is 12.1 Å². The van der Waals surface area contributed by atoms with Gasteiger partial charge in [-0.15, -0.1) is 5.10 Å². The Morgan fingerprint density at radius 2 is 2.64 bits per heavy atom. The van der Waals surface area contributed by atoms with E-state index in [1.807, 2.05) is 13.2 Å². The predicted molar refractivity (Wildman–Crippen MR) is 51.6 cm³/mol. The molecule has 1 fully saturated rings. The predicted octanol–water partition coefficient (Wildman–Crippen LogP) is -0.279. The van der Waals surface area contributed by atoms with Crippen LogP contribution in [0.2, 0.25) is 0 Å². The molecule has 0 amide bonds. The maximum Gasteiger partial charge on any atom is 0.0842 e. The van der Waals surface area contributed by atoms with E-state index in [1.54, 1.807) is 4.68 Å². The highest BCUT2D eigenvalue weighted by molar-refractivity contribution is 4.96. The molecule has 2 atom stereocenters. The lowest BCUT2D eigenvalue weighted by atomic mass is 9.96. The normalized spacial score (nSPS) is 24.0. The third-order valence-corrected chi connectivity index (χ3v) is 2.67. The van der Waals surface area contributed by atoms with Crippen molar-refractivity contribution in [3.63, 3.8) is 0 Å². The van der Waals surface area contributed by atoms with Crippen molar-refractivity contribution in [2.24, 2.45) is 18.7 Å². The summed E-state index contributed by atoms with van der Waals surface area (Å²) >= 11 is 0. The third-order valence-electron chi connectivity index (χ3n) is 2.67. The fourth-order valence-corrected chi connectivity index (χ4v) is 1.79. The number of aromatic nitrogens is 3. The molecule has 0 saturated carbocycles. The van der Waals surface area contributed by atoms with E-state index >= 15 is 0 Å². The first-order chi connectivity index (χ1) is 6.75. The van der Waals surface area contributed by atoms with Crippen molar-refractivity contribution in [3.8, 4) is 0 Å². The first kappa shape index (κ1) is 9.61. The van der Waals surface area contributed by atoms with Gasteiger partial charge in [-0.1, -0.05) is 5.21 Å². The molecule has 1 aromatic rings. The molecule has 2 unspecified atom stereocenters. The van der Waals surface area contributed by atoms with Crippen LogP contribution >= 0.6 is 0 Å². The van der Waals surface area contributed by atoms with Gasteiger partial charge in [-0.05, 0) is 12.3 Å². The smallest absolute Gasteiger partial charge is 0.0842 e. The van der Waals surface area contributed by atoms with Crippen LogP contribution in [0.3, 0.4) is 0 Å². The highest BCUT2D eigenvalue weighted by atomic mass is 16.5. The van der Waals surface area contributed by atoms with E-state index in [2.05, 4.69) is 10.3 Å². The minimum Gasteiger partial charge on any atom is -0.381 e. The standard InChI is InChI=1S/C9H16N4O/c1-13-5-8(11-12-13)4-9(10)7-2-3-14-6-7/h5,7,9H,2-4,6,10H2,1H3. The van der Waals surface area contributed by atoms with Crippen molar-refractivity contribution in [2.45, 2.75) is 18.9 Å². The minimum absolute atomic E-state index is 0.147. The van der Waals surface area contributed by atoms with E-state index in [1.165, 1.54) is 0 Å². The SMILES string of the molecule is Cn1cc(CC(N)C2CCOC2)nn1. The molecular formula is C9H16N4O. The van der Waals surface area contributed by atoms with Crippen molar-refractivity contribution in [3.05, 3.63) is 11.9 Å². The fourth-order valence-electron chi connectivity index (χ4n) is 1.79. The van der Waals surface area contributed by atoms with Gasteiger partial charge in [0.15, 0.2) is 0 Å². The Morgan fingerprint density at radius 1 is 1.79 bits per heavy atom. The van der Waals surface area contributed by atoms with E-state index in [-0.39, 0.29) is 6.04 Å². The Bertz CT molecular complexity index is 293. The Balaban J connectivity index is 1.90. The van der Waals surface area contributed by atoms with E-state index < -0.39 is 0 Å². The van der Waals surface area contributed by atoms with Crippen molar-refractivity contribution in [1.82, 2.24) is 15.0 Å². The van der Waals surface area contributed by atoms with Gasteiger partial charge in [0, 0.05) is 32.3 Å². The Hall–Kier alpha value is -0.940. The van der Waals surface area contributed by atoms with Gasteiger partial charge < -0.3 is 10.5 Å². The molecule has 5 heteroatoms. The molecule has 0 aliphatic carbocycles. The quantitative estimate of drug-likeness (QED) is 0.722. The monoisotopic (exact) mass is 196 g/mol. The van der Waals surface area contributed by atoms with Crippen LogP contribution in [0.4, 0.5) is 0 Å². The van der Waals surface area contributed by atoms with Gasteiger partial charge in [-0.2, -0.15) is 0 Å². The Kier molecular flexibility index (Phi) is 2.79. The van der Waals surface area contributed by atoms with Crippen LogP contribution in [-0.2, 0) is 18.2 Å². The molecule has 1 aliphatic heterocycles. The summed E-state index contributed by atoms with van der Waals surface area (Å²) in [4.78, 5) is 0. The lowest BCUT2D eigenvalue weighted by Gasteiger charge is -2.15. The van der Waals surface area contributed by atoms with Gasteiger partial charge in [0.25, 0.3) is 0 Å². The van der Waals surface area contributed by atoms with E-state index in [0.717, 1.165) is 31.7 Å². The zero-order valence-electron chi connectivity index (χ0n) is 8.39. The maximum absolute atomic E-state index is 6.06. The first-order valence-electron chi connectivity index (χ1n) is 4.94. The number of rotatable bonds is 3. The Morgan fingerprint density at radius 3 is 3.21 bits per heavy atom. The van der Waals surface area contributed by atoms with Crippen LogP contribution in [0, 0.1) is 5.92 Å². The van der Waals surface area contributed by atoms with Gasteiger partial charge in [0.2, 0.25) is 0 Å². The second-order valence-electron chi connectivity index (χ2n) is 3.88. The van der Waals surface area contributed by atoms with Gasteiger partial charge in [-0.25, -0.2) is 0 Å². The molecule has 5 nitrogen and oxygen atoms in total. The molecule has 0 bridgehead atoms. The zero-order chi connectivity index (χ0) is 9.97. The lowest BCUT2D eigenvalue weighted by molar-refractivity contribution is 0.180. The number of nitrogens with two attached hydrogens (primary N) is 1. The molecule has 14 heavy (non-hydrogen) atoms. The average molecular weight is 196 g/mol. The summed E-state index contributed by atoms with van der Waals surface area (Å²) in [5.41, 5.74) is 7.03. The zero-order valence-corrected chi connectivity index (χ0v) is 8.39. The number of ether oxygens (including phenoxy) is 1. The molecule has 0 spiro atoms. The molecule has 1 aromatic heterocycles. The van der Waals surface area contributed by atoms with Crippen LogP contribution in [-0.4, -0.2) is 34.2 Å². The molecule has 0 radical (unpaired) electrons. The molecule has 78 valence electrons. The topological polar surface area (TPSA) is 66.0 Å². The summed E-state index contributed by atoms with van der Waals surface area (Å²) in [6.07, 6.45) is 3.78. The summed E-state index contributed by atoms with van der Waals surface area (Å²) in [7, 11) is 1.86. The lowest BCUT2D eigenvalue weighted by Crippen LogP contribution is -2.32. The Labute approximate surface area is 83.2 Å². The molecular weight excluding hydrogens is 180 g/mol. The van der Waals surface area contributed by atoms with Gasteiger partial charge >= 0.3 is 0 Å². The summed E-state index contributed by atoms with van der Waals surface area (Å²) in [6, 6.07) is 0.147. The molecule has 2 heterocycles. The summed E-state index contributed by atoms with van der Waals surface area (Å²) in [5.74, 6) is 0.483. The first-order valence-corrected chi connectivity index (χ1v) is 4.94. The molecule has 1 saturated heterocycles. The van der Waals surface area contributed by atoms with Crippen molar-refractivity contribution in [1.29, 1.82) is 0 Å². The van der Waals surface area contributed by atoms with Crippen LogP contribution in [0.5, 0.6) is 0 Å². The van der Waals surface area contributed by atoms with Gasteiger partial charge in [0.1, 0.15) is 0 Å². The van der Waals surface area contributed by atoms with Crippen molar-refractivity contribution in [2.75, 3.05) is 13.2 Å². The third kappa shape index (κ3) is 2.10.